The molecule has 1 unspecified atom stereocenters. The zero-order valence-corrected chi connectivity index (χ0v) is 16.5. The monoisotopic (exact) mass is 377 g/mol. The van der Waals surface area contributed by atoms with Gasteiger partial charge in [-0.15, -0.1) is 0 Å². The Morgan fingerprint density at radius 1 is 1.26 bits per heavy atom. The van der Waals surface area contributed by atoms with Gasteiger partial charge in [-0.05, 0) is 46.2 Å². The van der Waals surface area contributed by atoms with Crippen LogP contribution in [0.1, 0.15) is 43.6 Å². The van der Waals surface area contributed by atoms with E-state index in [9.17, 15) is 14.4 Å². The molecule has 1 aromatic heterocycles. The van der Waals surface area contributed by atoms with Crippen LogP contribution in [0.5, 0.6) is 0 Å². The smallest absolute Gasteiger partial charge is 0.410 e. The molecule has 2 heterocycles. The van der Waals surface area contributed by atoms with Crippen LogP contribution in [0, 0.1) is 6.92 Å². The third-order valence-electron chi connectivity index (χ3n) is 4.12. The van der Waals surface area contributed by atoms with Gasteiger partial charge in [0, 0.05) is 25.5 Å². The van der Waals surface area contributed by atoms with E-state index in [4.69, 9.17) is 9.47 Å². The van der Waals surface area contributed by atoms with Crippen molar-refractivity contribution in [1.82, 2.24) is 14.8 Å². The summed E-state index contributed by atoms with van der Waals surface area (Å²) in [6.07, 6.45) is 2.58. The maximum Gasteiger partial charge on any atom is 0.410 e. The Balaban J connectivity index is 2.23. The Morgan fingerprint density at radius 3 is 2.56 bits per heavy atom. The number of carbonyl (C=O) groups is 3. The third kappa shape index (κ3) is 5.18. The molecule has 1 fully saturated rings. The summed E-state index contributed by atoms with van der Waals surface area (Å²) in [5, 5.41) is 0. The lowest BCUT2D eigenvalue weighted by atomic mass is 10.1. The third-order valence-corrected chi connectivity index (χ3v) is 4.12. The molecule has 0 aromatic carbocycles. The normalized spacial score (nSPS) is 17.4. The zero-order valence-electron chi connectivity index (χ0n) is 16.5. The summed E-state index contributed by atoms with van der Waals surface area (Å²) < 4.78 is 10.5. The molecule has 0 radical (unpaired) electrons. The van der Waals surface area contributed by atoms with E-state index in [0.29, 0.717) is 5.56 Å². The Hall–Kier alpha value is -2.64. The summed E-state index contributed by atoms with van der Waals surface area (Å²) in [4.78, 5) is 44.7. The molecule has 2 rings (SSSR count). The molecule has 0 N–H and O–H groups in total. The number of piperazine rings is 1. The molecule has 27 heavy (non-hydrogen) atoms. The Labute approximate surface area is 159 Å². The maximum absolute atomic E-state index is 13.0. The minimum atomic E-state index is -0.890. The first kappa shape index (κ1) is 20.7. The molecule has 8 heteroatoms. The lowest BCUT2D eigenvalue weighted by molar-refractivity contribution is -0.150. The van der Waals surface area contributed by atoms with Gasteiger partial charge in [0.2, 0.25) is 0 Å². The van der Waals surface area contributed by atoms with Gasteiger partial charge in [0.05, 0.1) is 18.7 Å². The van der Waals surface area contributed by atoms with Gasteiger partial charge in [0.25, 0.3) is 5.91 Å². The van der Waals surface area contributed by atoms with E-state index in [-0.39, 0.29) is 32.1 Å². The molecule has 0 aliphatic carbocycles. The van der Waals surface area contributed by atoms with Crippen molar-refractivity contribution >= 4 is 18.0 Å². The number of pyridine rings is 1. The Kier molecular flexibility index (Phi) is 6.41. The topological polar surface area (TPSA) is 89.0 Å². The first-order valence-corrected chi connectivity index (χ1v) is 9.00. The zero-order chi connectivity index (χ0) is 20.2. The fourth-order valence-electron chi connectivity index (χ4n) is 2.80. The molecule has 0 saturated carbocycles. The van der Waals surface area contributed by atoms with E-state index in [1.54, 1.807) is 40.0 Å². The van der Waals surface area contributed by atoms with Crippen LogP contribution in [0.2, 0.25) is 0 Å². The number of esters is 1. The van der Waals surface area contributed by atoms with Gasteiger partial charge in [0.15, 0.2) is 0 Å². The van der Waals surface area contributed by atoms with Crippen LogP contribution in [-0.4, -0.2) is 70.6 Å². The van der Waals surface area contributed by atoms with Crippen molar-refractivity contribution in [3.63, 3.8) is 0 Å². The highest BCUT2D eigenvalue weighted by Crippen LogP contribution is 2.19. The van der Waals surface area contributed by atoms with Crippen molar-refractivity contribution in [3.05, 3.63) is 29.6 Å². The van der Waals surface area contributed by atoms with Crippen molar-refractivity contribution < 1.29 is 23.9 Å². The summed E-state index contributed by atoms with van der Waals surface area (Å²) in [5.41, 5.74) is 0.556. The highest BCUT2D eigenvalue weighted by molar-refractivity contribution is 5.98. The molecule has 8 nitrogen and oxygen atoms in total. The number of hydrogen-bond acceptors (Lipinski definition) is 6. The van der Waals surface area contributed by atoms with Crippen LogP contribution in [-0.2, 0) is 14.3 Å². The van der Waals surface area contributed by atoms with Gasteiger partial charge in [-0.3, -0.25) is 9.78 Å². The number of aryl methyl sites for hydroxylation is 1. The fraction of sp³-hybridized carbons (Fsp3) is 0.579. The number of hydrogen-bond donors (Lipinski definition) is 0. The second-order valence-corrected chi connectivity index (χ2v) is 7.38. The summed E-state index contributed by atoms with van der Waals surface area (Å²) in [6.45, 7) is 9.53. The SMILES string of the molecule is CCOC(=O)C1CN(C(=O)OC(C)(C)C)CCN1C(=O)c1cnccc1C. The van der Waals surface area contributed by atoms with Gasteiger partial charge in [-0.25, -0.2) is 9.59 Å². The van der Waals surface area contributed by atoms with Crippen LogP contribution >= 0.6 is 0 Å². The van der Waals surface area contributed by atoms with Gasteiger partial charge in [0.1, 0.15) is 11.6 Å². The quantitative estimate of drug-likeness (QED) is 0.749. The summed E-state index contributed by atoms with van der Waals surface area (Å²) in [6, 6.07) is 0.849. The van der Waals surface area contributed by atoms with E-state index < -0.39 is 23.7 Å². The summed E-state index contributed by atoms with van der Waals surface area (Å²) >= 11 is 0. The minimum absolute atomic E-state index is 0.0266. The van der Waals surface area contributed by atoms with E-state index in [0.717, 1.165) is 5.56 Å². The molecule has 148 valence electrons. The Bertz CT molecular complexity index is 714. The van der Waals surface area contributed by atoms with Crippen molar-refractivity contribution in [3.8, 4) is 0 Å². The van der Waals surface area contributed by atoms with E-state index in [2.05, 4.69) is 4.98 Å². The van der Waals surface area contributed by atoms with Crippen molar-refractivity contribution in [2.45, 2.75) is 46.3 Å². The molecule has 2 amide bonds. The highest BCUT2D eigenvalue weighted by atomic mass is 16.6. The largest absolute Gasteiger partial charge is 0.464 e. The first-order valence-electron chi connectivity index (χ1n) is 9.00. The second kappa shape index (κ2) is 8.37. The number of nitrogens with zero attached hydrogens (tertiary/aromatic N) is 3. The van der Waals surface area contributed by atoms with E-state index >= 15 is 0 Å². The molecular formula is C19H27N3O5. The molecule has 0 spiro atoms. The van der Waals surface area contributed by atoms with Crippen LogP contribution in [0.25, 0.3) is 0 Å². The lowest BCUT2D eigenvalue weighted by Crippen LogP contribution is -2.60. The van der Waals surface area contributed by atoms with Gasteiger partial charge in [-0.2, -0.15) is 0 Å². The maximum atomic E-state index is 13.0. The number of ether oxygens (including phenoxy) is 2. The molecule has 1 aromatic rings. The van der Waals surface area contributed by atoms with Crippen LogP contribution in [0.4, 0.5) is 4.79 Å². The second-order valence-electron chi connectivity index (χ2n) is 7.38. The van der Waals surface area contributed by atoms with E-state index in [1.165, 1.54) is 16.0 Å². The molecule has 1 aliphatic rings. The summed E-state index contributed by atoms with van der Waals surface area (Å²) in [5.74, 6) is -0.844. The highest BCUT2D eigenvalue weighted by Gasteiger charge is 2.39. The molecule has 0 bridgehead atoms. The predicted molar refractivity (Wildman–Crippen MR) is 98.2 cm³/mol. The fourth-order valence-corrected chi connectivity index (χ4v) is 2.80. The lowest BCUT2D eigenvalue weighted by Gasteiger charge is -2.40. The summed E-state index contributed by atoms with van der Waals surface area (Å²) in [7, 11) is 0. The molecule has 1 saturated heterocycles. The molecule has 1 aliphatic heterocycles. The van der Waals surface area contributed by atoms with Crippen LogP contribution in [0.15, 0.2) is 18.5 Å². The van der Waals surface area contributed by atoms with Crippen molar-refractivity contribution in [1.29, 1.82) is 0 Å². The van der Waals surface area contributed by atoms with Gasteiger partial charge in [-0.1, -0.05) is 0 Å². The Morgan fingerprint density at radius 2 is 1.96 bits per heavy atom. The van der Waals surface area contributed by atoms with Gasteiger partial charge < -0.3 is 19.3 Å². The number of amides is 2. The molecular weight excluding hydrogens is 350 g/mol. The van der Waals surface area contributed by atoms with Gasteiger partial charge >= 0.3 is 12.1 Å². The van der Waals surface area contributed by atoms with Crippen molar-refractivity contribution in [2.75, 3.05) is 26.2 Å². The average Bonchev–Trinajstić information content (AvgIpc) is 2.60. The number of carbonyl (C=O) groups excluding carboxylic acids is 3. The minimum Gasteiger partial charge on any atom is -0.464 e. The van der Waals surface area contributed by atoms with Crippen molar-refractivity contribution in [2.24, 2.45) is 0 Å². The van der Waals surface area contributed by atoms with Crippen LogP contribution in [0.3, 0.4) is 0 Å². The number of rotatable bonds is 3. The standard InChI is InChI=1S/C19H27N3O5/c1-6-26-17(24)15-12-21(18(25)27-19(3,4)5)9-10-22(15)16(23)14-11-20-8-7-13(14)2/h7-8,11,15H,6,9-10,12H2,1-5H3. The predicted octanol–water partition coefficient (Wildman–Crippen LogP) is 2.01. The molecule has 1 atom stereocenters. The van der Waals surface area contributed by atoms with E-state index in [1.807, 2.05) is 6.92 Å². The average molecular weight is 377 g/mol. The number of aromatic nitrogens is 1. The first-order chi connectivity index (χ1) is 12.6. The van der Waals surface area contributed by atoms with Crippen LogP contribution < -0.4 is 0 Å².